The Morgan fingerprint density at radius 2 is 1.67 bits per heavy atom. The van der Waals surface area contributed by atoms with Gasteiger partial charge in [-0.1, -0.05) is 73.4 Å². The average Bonchev–Trinajstić information content (AvgIpc) is 3.46. The lowest BCUT2D eigenvalue weighted by Gasteiger charge is -2.45. The summed E-state index contributed by atoms with van der Waals surface area (Å²) >= 11 is 0. The van der Waals surface area contributed by atoms with Crippen molar-refractivity contribution in [3.8, 4) is 0 Å². The van der Waals surface area contributed by atoms with Gasteiger partial charge in [0.15, 0.2) is 0 Å². The predicted molar refractivity (Wildman–Crippen MR) is 170 cm³/mol. The van der Waals surface area contributed by atoms with Crippen LogP contribution >= 0.6 is 0 Å². The van der Waals surface area contributed by atoms with Crippen LogP contribution in [0.15, 0.2) is 12.1 Å². The molecule has 0 heterocycles. The van der Waals surface area contributed by atoms with Gasteiger partial charge in [0.1, 0.15) is 5.78 Å². The molecule has 2 bridgehead atoms. The summed E-state index contributed by atoms with van der Waals surface area (Å²) in [5, 5.41) is 0. The van der Waals surface area contributed by atoms with E-state index in [9.17, 15) is 13.2 Å². The van der Waals surface area contributed by atoms with Gasteiger partial charge in [0.25, 0.3) is 10.1 Å². The Bertz CT molecular complexity index is 1330. The highest BCUT2D eigenvalue weighted by Crippen LogP contribution is 2.64. The minimum Gasteiger partial charge on any atom is -0.299 e. The van der Waals surface area contributed by atoms with E-state index in [0.29, 0.717) is 36.5 Å². The van der Waals surface area contributed by atoms with E-state index in [-0.39, 0.29) is 23.1 Å². The van der Waals surface area contributed by atoms with E-state index < -0.39 is 15.5 Å². The quantitative estimate of drug-likeness (QED) is 0.268. The minimum atomic E-state index is -3.80. The molecule has 42 heavy (non-hydrogen) atoms. The number of hydrogen-bond acceptors (Lipinski definition) is 4. The van der Waals surface area contributed by atoms with Crippen molar-refractivity contribution in [3.63, 3.8) is 0 Å². The summed E-state index contributed by atoms with van der Waals surface area (Å²) < 4.78 is 32.7. The molecule has 0 spiro atoms. The second-order valence-electron chi connectivity index (χ2n) is 16.6. The molecule has 0 N–H and O–H groups in total. The van der Waals surface area contributed by atoms with Gasteiger partial charge in [-0.05, 0) is 120 Å². The van der Waals surface area contributed by atoms with Gasteiger partial charge >= 0.3 is 0 Å². The van der Waals surface area contributed by atoms with Crippen LogP contribution in [0.25, 0.3) is 0 Å². The first-order valence-corrected chi connectivity index (χ1v) is 18.8. The van der Waals surface area contributed by atoms with Crippen molar-refractivity contribution >= 4 is 15.9 Å². The zero-order chi connectivity index (χ0) is 30.2. The van der Waals surface area contributed by atoms with Crippen LogP contribution in [0.5, 0.6) is 0 Å². The summed E-state index contributed by atoms with van der Waals surface area (Å²) in [4.78, 5) is 13.0. The third-order valence-corrected chi connectivity index (χ3v) is 15.6. The van der Waals surface area contributed by atoms with Crippen molar-refractivity contribution in [2.24, 2.45) is 45.8 Å². The van der Waals surface area contributed by atoms with Crippen molar-refractivity contribution in [2.75, 3.05) is 5.75 Å². The second-order valence-corrected chi connectivity index (χ2v) is 18.2. The number of Topliss-reactive ketones (excluding diaryl/α,β-unsaturated/α-hetero) is 1. The van der Waals surface area contributed by atoms with E-state index >= 15 is 0 Å². The van der Waals surface area contributed by atoms with Gasteiger partial charge in [0.05, 0.1) is 17.3 Å². The maximum atomic E-state index is 13.4. The molecule has 5 aliphatic rings. The maximum Gasteiger partial charge on any atom is 0.268 e. The number of fused-ring (bicyclic) bond motifs is 7. The molecule has 4 nitrogen and oxygen atoms in total. The number of carbonyl (C=O) groups is 1. The van der Waals surface area contributed by atoms with Crippen molar-refractivity contribution in [2.45, 2.75) is 138 Å². The highest BCUT2D eigenvalue weighted by molar-refractivity contribution is 7.86. The van der Waals surface area contributed by atoms with Crippen molar-refractivity contribution < 1.29 is 17.4 Å². The normalized spacial score (nSPS) is 36.5. The zero-order valence-corrected chi connectivity index (χ0v) is 28.2. The Balaban J connectivity index is 1.14. The summed E-state index contributed by atoms with van der Waals surface area (Å²) in [6.45, 7) is 16.4. The van der Waals surface area contributed by atoms with Crippen LogP contribution in [0, 0.1) is 45.8 Å². The number of ketones is 1. The minimum absolute atomic E-state index is 0.136. The molecule has 234 valence electrons. The molecular formula is C37H56O4S. The molecular weight excluding hydrogens is 540 g/mol. The first-order chi connectivity index (χ1) is 19.7. The van der Waals surface area contributed by atoms with Gasteiger partial charge in [0, 0.05) is 12.8 Å². The molecule has 1 aromatic carbocycles. The predicted octanol–water partition coefficient (Wildman–Crippen LogP) is 8.44. The van der Waals surface area contributed by atoms with Crippen molar-refractivity contribution in [3.05, 3.63) is 34.4 Å². The Hall–Kier alpha value is -1.20. The lowest BCUT2D eigenvalue weighted by Crippen LogP contribution is -2.43. The van der Waals surface area contributed by atoms with Gasteiger partial charge in [0.2, 0.25) is 0 Å². The van der Waals surface area contributed by atoms with E-state index in [1.54, 1.807) is 11.1 Å². The van der Waals surface area contributed by atoms with Crippen molar-refractivity contribution in [1.29, 1.82) is 0 Å². The zero-order valence-electron chi connectivity index (χ0n) is 27.4. The molecule has 8 atom stereocenters. The van der Waals surface area contributed by atoms with Crippen molar-refractivity contribution in [1.82, 2.24) is 0 Å². The standard InChI is InChI=1S/C37H56O4S/c1-23(2)24(3)8-9-25(4)32-14-15-33-31-12-10-26-20-28(11-13-29(26)30(31)17-18-36(32,33)7)41-42(39,40)22-37-19-16-27(21-34(37)38)35(37,5)6/h10,12,23-25,27-28,32-33H,8-9,11,13-22H2,1-7H3/t24-,25+,27+,28-,32-,33+,36+,37+/m0/s1. The molecule has 3 saturated carbocycles. The van der Waals surface area contributed by atoms with Gasteiger partial charge in [-0.2, -0.15) is 8.42 Å². The lowest BCUT2D eigenvalue weighted by atomic mass is 9.59. The van der Waals surface area contributed by atoms with E-state index in [1.807, 2.05) is 0 Å². The van der Waals surface area contributed by atoms with Gasteiger partial charge in [-0.3, -0.25) is 8.98 Å². The van der Waals surface area contributed by atoms with E-state index in [0.717, 1.165) is 49.4 Å². The molecule has 3 fully saturated rings. The molecule has 5 aliphatic carbocycles. The largest absolute Gasteiger partial charge is 0.299 e. The third kappa shape index (κ3) is 4.86. The van der Waals surface area contributed by atoms with Crippen LogP contribution in [0.3, 0.4) is 0 Å². The fraction of sp³-hybridized carbons (Fsp3) is 0.811. The van der Waals surface area contributed by atoms with Crippen LogP contribution in [-0.4, -0.2) is 26.1 Å². The SMILES string of the molecule is CC(C)[C@@H](C)CC[C@@H](C)[C@@H]1CC[C@@H]2c3ccc4c(c3CC[C@@]21C)CC[C@H](OS(=O)(=O)C[C@]12CC[C@H](CC1=O)C2(C)C)C4. The Morgan fingerprint density at radius 1 is 0.905 bits per heavy atom. The number of hydrogen-bond donors (Lipinski definition) is 0. The van der Waals surface area contributed by atoms with Crippen LogP contribution in [-0.2, 0) is 38.4 Å². The van der Waals surface area contributed by atoms with Gasteiger partial charge < -0.3 is 0 Å². The summed E-state index contributed by atoms with van der Waals surface area (Å²) in [6, 6.07) is 4.70. The molecule has 0 radical (unpaired) electrons. The number of rotatable bonds is 9. The Labute approximate surface area is 256 Å². The van der Waals surface area contributed by atoms with Crippen LogP contribution in [0.4, 0.5) is 0 Å². The Morgan fingerprint density at radius 3 is 2.33 bits per heavy atom. The number of carbonyl (C=O) groups excluding carboxylic acids is 1. The first kappa shape index (κ1) is 30.8. The monoisotopic (exact) mass is 596 g/mol. The topological polar surface area (TPSA) is 60.4 Å². The summed E-state index contributed by atoms with van der Waals surface area (Å²) in [6.07, 6.45) is 11.9. The fourth-order valence-electron chi connectivity index (χ4n) is 10.8. The van der Waals surface area contributed by atoms with Crippen LogP contribution in [0.2, 0.25) is 0 Å². The second kappa shape index (κ2) is 10.7. The lowest BCUT2D eigenvalue weighted by molar-refractivity contribution is -0.128. The summed E-state index contributed by atoms with van der Waals surface area (Å²) in [7, 11) is -3.80. The van der Waals surface area contributed by atoms with E-state index in [2.05, 4.69) is 60.6 Å². The molecule has 0 aromatic heterocycles. The fourth-order valence-corrected chi connectivity index (χ4v) is 12.7. The molecule has 5 heteroatoms. The Kier molecular flexibility index (Phi) is 7.86. The van der Waals surface area contributed by atoms with E-state index in [1.165, 1.54) is 43.2 Å². The maximum absolute atomic E-state index is 13.4. The first-order valence-electron chi connectivity index (χ1n) is 17.3. The van der Waals surface area contributed by atoms with E-state index in [4.69, 9.17) is 4.18 Å². The number of benzene rings is 1. The third-order valence-electron chi connectivity index (χ3n) is 14.2. The summed E-state index contributed by atoms with van der Waals surface area (Å²) in [5.74, 6) is 4.09. The average molecular weight is 597 g/mol. The smallest absolute Gasteiger partial charge is 0.268 e. The van der Waals surface area contributed by atoms with Crippen LogP contribution < -0.4 is 0 Å². The molecule has 0 saturated heterocycles. The molecule has 0 amide bonds. The highest BCUT2D eigenvalue weighted by Gasteiger charge is 2.65. The molecule has 6 rings (SSSR count). The summed E-state index contributed by atoms with van der Waals surface area (Å²) in [5.41, 5.74) is 5.29. The molecule has 1 aromatic rings. The van der Waals surface area contributed by atoms with Gasteiger partial charge in [-0.25, -0.2) is 0 Å². The molecule has 0 aliphatic heterocycles. The molecule has 0 unspecified atom stereocenters. The van der Waals surface area contributed by atoms with Crippen LogP contribution in [0.1, 0.15) is 134 Å². The van der Waals surface area contributed by atoms with Gasteiger partial charge in [-0.15, -0.1) is 0 Å². The highest BCUT2D eigenvalue weighted by atomic mass is 32.2.